The number of hydrogen-bond acceptors (Lipinski definition) is 5. The van der Waals surface area contributed by atoms with Gasteiger partial charge in [-0.2, -0.15) is 0 Å². The lowest BCUT2D eigenvalue weighted by Crippen LogP contribution is -2.47. The summed E-state index contributed by atoms with van der Waals surface area (Å²) in [6.45, 7) is 7.28. The van der Waals surface area contributed by atoms with Crippen LogP contribution >= 0.6 is 0 Å². The number of carbonyl (C=O) groups excluding carboxylic acids is 1. The minimum atomic E-state index is -3.40. The van der Waals surface area contributed by atoms with Gasteiger partial charge in [-0.3, -0.25) is 4.79 Å². The van der Waals surface area contributed by atoms with E-state index in [2.05, 4.69) is 15.6 Å². The van der Waals surface area contributed by atoms with Gasteiger partial charge in [-0.25, -0.2) is 13.4 Å². The van der Waals surface area contributed by atoms with Gasteiger partial charge >= 0.3 is 0 Å². The summed E-state index contributed by atoms with van der Waals surface area (Å²) in [5.74, 6) is -0.0332. The Balaban J connectivity index is 2.92. The highest BCUT2D eigenvalue weighted by atomic mass is 32.2. The minimum Gasteiger partial charge on any atom is -0.358 e. The fourth-order valence-corrected chi connectivity index (χ4v) is 2.34. The van der Waals surface area contributed by atoms with Crippen LogP contribution in [0.3, 0.4) is 0 Å². The smallest absolute Gasteiger partial charge is 0.242 e. The summed E-state index contributed by atoms with van der Waals surface area (Å²) in [5.41, 5.74) is -0.350. The van der Waals surface area contributed by atoms with E-state index in [4.69, 9.17) is 0 Å². The molecule has 0 saturated carbocycles. The first-order valence-electron chi connectivity index (χ1n) is 6.24. The van der Waals surface area contributed by atoms with Crippen molar-refractivity contribution >= 4 is 21.6 Å². The van der Waals surface area contributed by atoms with E-state index < -0.39 is 15.9 Å². The molecule has 0 aromatic carbocycles. The Bertz CT molecular complexity index is 591. The van der Waals surface area contributed by atoms with Crippen molar-refractivity contribution in [3.63, 3.8) is 0 Å². The van der Waals surface area contributed by atoms with Gasteiger partial charge in [0, 0.05) is 18.0 Å². The standard InChI is InChI=1S/C13H21N3O3S/c1-9(12(17)16-13(2,3)4)15-11-10(20(5,18)19)7-6-8-14-11/h6-9H,1-5H3,(H,14,15)(H,16,17). The Hall–Kier alpha value is -1.63. The molecule has 0 radical (unpaired) electrons. The van der Waals surface area contributed by atoms with Gasteiger partial charge in [0.15, 0.2) is 9.84 Å². The van der Waals surface area contributed by atoms with Crippen molar-refractivity contribution in [2.45, 2.75) is 44.2 Å². The first-order valence-corrected chi connectivity index (χ1v) is 8.13. The summed E-state index contributed by atoms with van der Waals surface area (Å²) >= 11 is 0. The van der Waals surface area contributed by atoms with Crippen molar-refractivity contribution < 1.29 is 13.2 Å². The normalized spacial score (nSPS) is 13.7. The summed E-state index contributed by atoms with van der Waals surface area (Å²) in [5, 5.41) is 5.66. The zero-order valence-corrected chi connectivity index (χ0v) is 13.2. The first kappa shape index (κ1) is 16.4. The average molecular weight is 299 g/mol. The minimum absolute atomic E-state index is 0.0791. The van der Waals surface area contributed by atoms with E-state index >= 15 is 0 Å². The Morgan fingerprint density at radius 1 is 1.35 bits per heavy atom. The van der Waals surface area contributed by atoms with Crippen molar-refractivity contribution in [1.82, 2.24) is 10.3 Å². The van der Waals surface area contributed by atoms with Gasteiger partial charge < -0.3 is 10.6 Å². The lowest BCUT2D eigenvalue weighted by atomic mass is 10.1. The highest BCUT2D eigenvalue weighted by Gasteiger charge is 2.22. The molecule has 1 rings (SSSR count). The largest absolute Gasteiger partial charge is 0.358 e. The number of amides is 1. The molecule has 0 aliphatic carbocycles. The fraction of sp³-hybridized carbons (Fsp3) is 0.538. The summed E-state index contributed by atoms with van der Waals surface area (Å²) in [7, 11) is -3.40. The van der Waals surface area contributed by atoms with Crippen LogP contribution in [0.2, 0.25) is 0 Å². The monoisotopic (exact) mass is 299 g/mol. The fourth-order valence-electron chi connectivity index (χ4n) is 1.55. The van der Waals surface area contributed by atoms with Crippen molar-refractivity contribution in [3.8, 4) is 0 Å². The van der Waals surface area contributed by atoms with E-state index in [0.717, 1.165) is 6.26 Å². The maximum absolute atomic E-state index is 12.0. The summed E-state index contributed by atoms with van der Waals surface area (Å²) in [4.78, 5) is 16.0. The highest BCUT2D eigenvalue weighted by Crippen LogP contribution is 2.18. The summed E-state index contributed by atoms with van der Waals surface area (Å²) < 4.78 is 23.3. The Morgan fingerprint density at radius 2 is 1.95 bits per heavy atom. The zero-order chi connectivity index (χ0) is 15.6. The number of pyridine rings is 1. The first-order chi connectivity index (χ1) is 9.00. The zero-order valence-electron chi connectivity index (χ0n) is 12.4. The van der Waals surface area contributed by atoms with Gasteiger partial charge in [0.2, 0.25) is 5.91 Å². The molecule has 1 unspecified atom stereocenters. The van der Waals surface area contributed by atoms with Gasteiger partial charge in [-0.1, -0.05) is 0 Å². The number of hydrogen-bond donors (Lipinski definition) is 2. The second-order valence-corrected chi connectivity index (χ2v) is 7.71. The molecule has 0 aliphatic rings. The number of nitrogens with zero attached hydrogens (tertiary/aromatic N) is 1. The highest BCUT2D eigenvalue weighted by molar-refractivity contribution is 7.90. The molecule has 1 aromatic heterocycles. The number of rotatable bonds is 4. The van der Waals surface area contributed by atoms with Crippen LogP contribution in [0.1, 0.15) is 27.7 Å². The molecule has 0 aliphatic heterocycles. The van der Waals surface area contributed by atoms with Crippen molar-refractivity contribution in [2.24, 2.45) is 0 Å². The van der Waals surface area contributed by atoms with Crippen LogP contribution in [-0.4, -0.2) is 37.1 Å². The van der Waals surface area contributed by atoms with Crippen molar-refractivity contribution in [1.29, 1.82) is 0 Å². The molecule has 20 heavy (non-hydrogen) atoms. The molecular formula is C13H21N3O3S. The molecule has 7 heteroatoms. The number of aromatic nitrogens is 1. The second kappa shape index (κ2) is 5.78. The van der Waals surface area contributed by atoms with E-state index in [1.54, 1.807) is 13.0 Å². The third kappa shape index (κ3) is 4.80. The van der Waals surface area contributed by atoms with Gasteiger partial charge in [-0.05, 0) is 39.8 Å². The molecule has 2 N–H and O–H groups in total. The lowest BCUT2D eigenvalue weighted by Gasteiger charge is -2.24. The third-order valence-electron chi connectivity index (χ3n) is 2.41. The molecule has 1 aromatic rings. The predicted octanol–water partition coefficient (Wildman–Crippen LogP) is 1.20. The maximum Gasteiger partial charge on any atom is 0.242 e. The molecule has 0 fully saturated rings. The van der Waals surface area contributed by atoms with Crippen LogP contribution in [0.4, 0.5) is 5.82 Å². The van der Waals surface area contributed by atoms with Gasteiger partial charge in [0.1, 0.15) is 16.8 Å². The van der Waals surface area contributed by atoms with Gasteiger partial charge in [-0.15, -0.1) is 0 Å². The van der Waals surface area contributed by atoms with Crippen LogP contribution in [0.5, 0.6) is 0 Å². The number of anilines is 1. The molecular weight excluding hydrogens is 278 g/mol. The Kier molecular flexibility index (Phi) is 4.75. The summed E-state index contributed by atoms with van der Waals surface area (Å²) in [6, 6.07) is 2.41. The summed E-state index contributed by atoms with van der Waals surface area (Å²) in [6.07, 6.45) is 2.58. The van der Waals surface area contributed by atoms with Crippen molar-refractivity contribution in [3.05, 3.63) is 18.3 Å². The quantitative estimate of drug-likeness (QED) is 0.872. The van der Waals surface area contributed by atoms with Crippen LogP contribution in [0.25, 0.3) is 0 Å². The Labute approximate surface area is 119 Å². The van der Waals surface area contributed by atoms with Crippen LogP contribution < -0.4 is 10.6 Å². The number of carbonyl (C=O) groups is 1. The van der Waals surface area contributed by atoms with Crippen LogP contribution in [0.15, 0.2) is 23.2 Å². The van der Waals surface area contributed by atoms with Crippen molar-refractivity contribution in [2.75, 3.05) is 11.6 Å². The molecule has 1 heterocycles. The average Bonchev–Trinajstić information content (AvgIpc) is 2.25. The van der Waals surface area contributed by atoms with Gasteiger partial charge in [0.25, 0.3) is 0 Å². The molecule has 112 valence electrons. The predicted molar refractivity (Wildman–Crippen MR) is 78.3 cm³/mol. The third-order valence-corrected chi connectivity index (χ3v) is 3.54. The second-order valence-electron chi connectivity index (χ2n) is 5.73. The maximum atomic E-state index is 12.0. The SMILES string of the molecule is CC(Nc1ncccc1S(C)(=O)=O)C(=O)NC(C)(C)C. The molecule has 6 nitrogen and oxygen atoms in total. The molecule has 1 amide bonds. The lowest BCUT2D eigenvalue weighted by molar-refractivity contribution is -0.122. The Morgan fingerprint density at radius 3 is 2.45 bits per heavy atom. The number of nitrogens with one attached hydrogen (secondary N) is 2. The van der Waals surface area contributed by atoms with E-state index in [1.165, 1.54) is 12.3 Å². The van der Waals surface area contributed by atoms with Crippen LogP contribution in [0, 0.1) is 0 Å². The van der Waals surface area contributed by atoms with E-state index in [9.17, 15) is 13.2 Å². The van der Waals surface area contributed by atoms with Gasteiger partial charge in [0.05, 0.1) is 0 Å². The van der Waals surface area contributed by atoms with Crippen LogP contribution in [-0.2, 0) is 14.6 Å². The molecule has 0 saturated heterocycles. The van der Waals surface area contributed by atoms with E-state index in [1.807, 2.05) is 20.8 Å². The van der Waals surface area contributed by atoms with E-state index in [-0.39, 0.29) is 22.2 Å². The molecule has 1 atom stereocenters. The number of sulfone groups is 1. The van der Waals surface area contributed by atoms with E-state index in [0.29, 0.717) is 0 Å². The topological polar surface area (TPSA) is 88.2 Å². The molecule has 0 bridgehead atoms. The molecule has 0 spiro atoms.